The number of nitrogens with zero attached hydrogens (tertiary/aromatic N) is 4. The van der Waals surface area contributed by atoms with Crippen LogP contribution in [0.4, 0.5) is 11.9 Å². The van der Waals surface area contributed by atoms with Gasteiger partial charge in [0.05, 0.1) is 6.61 Å². The van der Waals surface area contributed by atoms with E-state index in [0.29, 0.717) is 24.5 Å². The molecule has 0 bridgehead atoms. The number of anilines is 2. The number of hydrogen-bond donors (Lipinski definition) is 1. The van der Waals surface area contributed by atoms with Crippen LogP contribution in [0.25, 0.3) is 0 Å². The van der Waals surface area contributed by atoms with Crippen LogP contribution < -0.4 is 15.0 Å². The van der Waals surface area contributed by atoms with E-state index < -0.39 is 0 Å². The predicted molar refractivity (Wildman–Crippen MR) is 64.1 cm³/mol. The molecule has 1 aromatic rings. The van der Waals surface area contributed by atoms with Crippen molar-refractivity contribution < 1.29 is 4.74 Å². The van der Waals surface area contributed by atoms with Crippen LogP contribution in [-0.4, -0.2) is 42.2 Å². The van der Waals surface area contributed by atoms with Crippen molar-refractivity contribution in [3.05, 3.63) is 0 Å². The lowest BCUT2D eigenvalue weighted by atomic mass is 10.5. The molecule has 1 N–H and O–H groups in total. The summed E-state index contributed by atoms with van der Waals surface area (Å²) in [5.41, 5.74) is 0. The molecule has 0 unspecified atom stereocenters. The van der Waals surface area contributed by atoms with Crippen molar-refractivity contribution in [3.63, 3.8) is 0 Å². The van der Waals surface area contributed by atoms with Crippen LogP contribution in [0.1, 0.15) is 20.3 Å². The second-order valence-electron chi connectivity index (χ2n) is 3.50. The Morgan fingerprint density at radius 3 is 2.50 bits per heavy atom. The summed E-state index contributed by atoms with van der Waals surface area (Å²) in [4.78, 5) is 14.4. The zero-order chi connectivity index (χ0) is 12.0. The topological polar surface area (TPSA) is 63.2 Å². The molecule has 0 fully saturated rings. The molecule has 0 aliphatic carbocycles. The Morgan fingerprint density at radius 2 is 1.94 bits per heavy atom. The van der Waals surface area contributed by atoms with E-state index in [9.17, 15) is 0 Å². The van der Waals surface area contributed by atoms with Gasteiger partial charge in [-0.05, 0) is 13.3 Å². The lowest BCUT2D eigenvalue weighted by molar-refractivity contribution is 0.312. The molecule has 0 saturated carbocycles. The molecule has 6 nitrogen and oxygen atoms in total. The van der Waals surface area contributed by atoms with Crippen molar-refractivity contribution >= 4 is 11.9 Å². The van der Waals surface area contributed by atoms with Gasteiger partial charge in [0.1, 0.15) is 0 Å². The Labute approximate surface area is 96.1 Å². The van der Waals surface area contributed by atoms with Gasteiger partial charge in [0.2, 0.25) is 11.9 Å². The lowest BCUT2D eigenvalue weighted by Crippen LogP contribution is -2.16. The van der Waals surface area contributed by atoms with Crippen molar-refractivity contribution in [1.82, 2.24) is 15.0 Å². The summed E-state index contributed by atoms with van der Waals surface area (Å²) in [6.45, 7) is 5.37. The van der Waals surface area contributed by atoms with E-state index in [2.05, 4.69) is 27.2 Å². The van der Waals surface area contributed by atoms with Gasteiger partial charge in [0.25, 0.3) is 0 Å². The normalized spacial score (nSPS) is 10.0. The minimum absolute atomic E-state index is 0.361. The molecule has 0 radical (unpaired) electrons. The van der Waals surface area contributed by atoms with E-state index >= 15 is 0 Å². The van der Waals surface area contributed by atoms with Crippen molar-refractivity contribution in [1.29, 1.82) is 0 Å². The third-order valence-electron chi connectivity index (χ3n) is 1.81. The van der Waals surface area contributed by atoms with E-state index in [1.807, 2.05) is 25.9 Å². The van der Waals surface area contributed by atoms with E-state index in [1.54, 1.807) is 0 Å². The van der Waals surface area contributed by atoms with Crippen LogP contribution in [0.3, 0.4) is 0 Å². The van der Waals surface area contributed by atoms with E-state index in [-0.39, 0.29) is 0 Å². The SMILES string of the molecule is CCCNc1nc(OCC)nc(N(C)C)n1. The van der Waals surface area contributed by atoms with Crippen LogP contribution in [0.2, 0.25) is 0 Å². The molecular formula is C10H19N5O. The number of aromatic nitrogens is 3. The molecule has 0 aromatic carbocycles. The van der Waals surface area contributed by atoms with Gasteiger partial charge in [-0.3, -0.25) is 0 Å². The molecule has 0 aliphatic heterocycles. The highest BCUT2D eigenvalue weighted by molar-refractivity contribution is 5.36. The Balaban J connectivity index is 2.89. The van der Waals surface area contributed by atoms with Crippen LogP contribution in [0.5, 0.6) is 6.01 Å². The van der Waals surface area contributed by atoms with Gasteiger partial charge in [0.15, 0.2) is 0 Å². The quantitative estimate of drug-likeness (QED) is 0.783. The molecule has 1 heterocycles. The maximum atomic E-state index is 5.29. The fraction of sp³-hybridized carbons (Fsp3) is 0.700. The van der Waals surface area contributed by atoms with E-state index in [1.165, 1.54) is 0 Å². The Hall–Kier alpha value is -1.59. The molecule has 0 atom stereocenters. The van der Waals surface area contributed by atoms with E-state index in [0.717, 1.165) is 13.0 Å². The molecule has 1 rings (SSSR count). The number of nitrogens with one attached hydrogen (secondary N) is 1. The van der Waals surface area contributed by atoms with Crippen molar-refractivity contribution in [2.24, 2.45) is 0 Å². The highest BCUT2D eigenvalue weighted by Gasteiger charge is 2.07. The summed E-state index contributed by atoms with van der Waals surface area (Å²) in [7, 11) is 3.77. The van der Waals surface area contributed by atoms with Gasteiger partial charge in [0, 0.05) is 20.6 Å². The monoisotopic (exact) mass is 225 g/mol. The maximum absolute atomic E-state index is 5.29. The molecule has 0 saturated heterocycles. The first kappa shape index (κ1) is 12.5. The summed E-state index contributed by atoms with van der Waals surface area (Å²) in [6, 6.07) is 0.361. The fourth-order valence-electron chi connectivity index (χ4n) is 1.06. The summed E-state index contributed by atoms with van der Waals surface area (Å²) in [5.74, 6) is 1.15. The van der Waals surface area contributed by atoms with Gasteiger partial charge in [-0.2, -0.15) is 15.0 Å². The number of rotatable bonds is 6. The predicted octanol–water partition coefficient (Wildman–Crippen LogP) is 1.16. The first-order valence-electron chi connectivity index (χ1n) is 5.47. The van der Waals surface area contributed by atoms with Crippen LogP contribution in [0, 0.1) is 0 Å². The summed E-state index contributed by atoms with van der Waals surface area (Å²) in [5, 5.41) is 3.12. The van der Waals surface area contributed by atoms with Crippen LogP contribution in [0.15, 0.2) is 0 Å². The lowest BCUT2D eigenvalue weighted by Gasteiger charge is -2.12. The average Bonchev–Trinajstić information content (AvgIpc) is 2.26. The third-order valence-corrected chi connectivity index (χ3v) is 1.81. The highest BCUT2D eigenvalue weighted by atomic mass is 16.5. The molecule has 0 amide bonds. The Morgan fingerprint density at radius 1 is 1.19 bits per heavy atom. The molecule has 1 aromatic heterocycles. The smallest absolute Gasteiger partial charge is 0.323 e. The zero-order valence-electron chi connectivity index (χ0n) is 10.3. The van der Waals surface area contributed by atoms with Crippen molar-refractivity contribution in [2.75, 3.05) is 37.5 Å². The average molecular weight is 225 g/mol. The zero-order valence-corrected chi connectivity index (χ0v) is 10.3. The van der Waals surface area contributed by atoms with Crippen molar-refractivity contribution in [2.45, 2.75) is 20.3 Å². The Bertz CT molecular complexity index is 329. The summed E-state index contributed by atoms with van der Waals surface area (Å²) < 4.78 is 5.29. The molecule has 0 aliphatic rings. The first-order valence-corrected chi connectivity index (χ1v) is 5.47. The van der Waals surface area contributed by atoms with Gasteiger partial charge in [-0.15, -0.1) is 0 Å². The van der Waals surface area contributed by atoms with Crippen LogP contribution >= 0.6 is 0 Å². The summed E-state index contributed by atoms with van der Waals surface area (Å²) >= 11 is 0. The van der Waals surface area contributed by atoms with Gasteiger partial charge < -0.3 is 15.0 Å². The third kappa shape index (κ3) is 3.52. The molecule has 90 valence electrons. The number of hydrogen-bond acceptors (Lipinski definition) is 6. The largest absolute Gasteiger partial charge is 0.464 e. The van der Waals surface area contributed by atoms with Crippen LogP contribution in [-0.2, 0) is 0 Å². The minimum Gasteiger partial charge on any atom is -0.464 e. The fourth-order valence-corrected chi connectivity index (χ4v) is 1.06. The number of ether oxygens (including phenoxy) is 1. The second-order valence-corrected chi connectivity index (χ2v) is 3.50. The molecular weight excluding hydrogens is 206 g/mol. The van der Waals surface area contributed by atoms with Gasteiger partial charge >= 0.3 is 6.01 Å². The van der Waals surface area contributed by atoms with Crippen molar-refractivity contribution in [3.8, 4) is 6.01 Å². The molecule has 0 spiro atoms. The molecule has 16 heavy (non-hydrogen) atoms. The van der Waals surface area contributed by atoms with Gasteiger partial charge in [-0.1, -0.05) is 6.92 Å². The summed E-state index contributed by atoms with van der Waals surface area (Å²) in [6.07, 6.45) is 1.02. The second kappa shape index (κ2) is 6.09. The standard InChI is InChI=1S/C10H19N5O/c1-5-7-11-8-12-9(15(3)4)14-10(13-8)16-6-2/h5-7H2,1-4H3,(H,11,12,13,14). The van der Waals surface area contributed by atoms with Gasteiger partial charge in [-0.25, -0.2) is 0 Å². The highest BCUT2D eigenvalue weighted by Crippen LogP contribution is 2.12. The molecule has 6 heteroatoms. The first-order chi connectivity index (χ1) is 7.67. The maximum Gasteiger partial charge on any atom is 0.323 e. The Kier molecular flexibility index (Phi) is 4.75. The minimum atomic E-state index is 0.361. The van der Waals surface area contributed by atoms with E-state index in [4.69, 9.17) is 4.74 Å².